The summed E-state index contributed by atoms with van der Waals surface area (Å²) in [5, 5.41) is 0. The number of benzene rings is 1. The van der Waals surface area contributed by atoms with Crippen LogP contribution < -0.4 is 4.74 Å². The molecule has 2 radical (unpaired) electrons. The zero-order valence-electron chi connectivity index (χ0n) is 6.22. The maximum atomic E-state index is 5.02. The van der Waals surface area contributed by atoms with Gasteiger partial charge in [0.25, 0.3) is 0 Å². The first-order chi connectivity index (χ1) is 4.75. The van der Waals surface area contributed by atoms with Gasteiger partial charge in [-0.2, -0.15) is 0 Å². The number of rotatable bonds is 1. The van der Waals surface area contributed by atoms with Crippen molar-refractivity contribution in [1.82, 2.24) is 0 Å². The van der Waals surface area contributed by atoms with Crippen LogP contribution in [0.4, 0.5) is 0 Å². The third-order valence-corrected chi connectivity index (χ3v) is 1.68. The summed E-state index contributed by atoms with van der Waals surface area (Å²) in [6.45, 7) is 4.01. The quantitative estimate of drug-likeness (QED) is 0.572. The first-order valence-corrected chi connectivity index (χ1v) is 3.18. The lowest BCUT2D eigenvalue weighted by atomic mass is 10.1. The maximum absolute atomic E-state index is 5.02. The molecule has 1 aromatic rings. The molecule has 1 nitrogen and oxygen atoms in total. The zero-order valence-corrected chi connectivity index (χ0v) is 6.22. The summed E-state index contributed by atoms with van der Waals surface area (Å²) in [7, 11) is 5.02. The van der Waals surface area contributed by atoms with Crippen LogP contribution in [0.3, 0.4) is 0 Å². The van der Waals surface area contributed by atoms with E-state index < -0.39 is 0 Å². The Morgan fingerprint density at radius 1 is 1.30 bits per heavy atom. The van der Waals surface area contributed by atoms with Gasteiger partial charge in [-0.25, -0.2) is 0 Å². The molecule has 0 saturated carbocycles. The number of hydrogen-bond acceptors (Lipinski definition) is 1. The maximum Gasteiger partial charge on any atom is 0.180 e. The van der Waals surface area contributed by atoms with Gasteiger partial charge >= 0.3 is 0 Å². The summed E-state index contributed by atoms with van der Waals surface area (Å²) >= 11 is 0. The summed E-state index contributed by atoms with van der Waals surface area (Å²) in [6.07, 6.45) is 0. The van der Waals surface area contributed by atoms with Gasteiger partial charge in [0.05, 0.1) is 0 Å². The van der Waals surface area contributed by atoms with Crippen molar-refractivity contribution in [2.45, 2.75) is 13.8 Å². The van der Waals surface area contributed by atoms with Crippen LogP contribution in [0.25, 0.3) is 0 Å². The Balaban J connectivity index is 3.14. The van der Waals surface area contributed by atoms with Gasteiger partial charge in [0.15, 0.2) is 7.11 Å². The number of aryl methyl sites for hydroxylation is 1. The molecule has 1 rings (SSSR count). The Hall–Kier alpha value is -0.980. The largest absolute Gasteiger partial charge is 0.482 e. The highest BCUT2D eigenvalue weighted by Crippen LogP contribution is 2.19. The molecule has 0 unspecified atom stereocenters. The van der Waals surface area contributed by atoms with Gasteiger partial charge in [-0.1, -0.05) is 12.1 Å². The lowest BCUT2D eigenvalue weighted by Crippen LogP contribution is -1.86. The molecule has 0 aliphatic heterocycles. The molecule has 0 aliphatic carbocycles. The Morgan fingerprint density at radius 2 is 2.00 bits per heavy atom. The topological polar surface area (TPSA) is 9.23 Å². The zero-order chi connectivity index (χ0) is 7.56. The molecule has 0 amide bonds. The van der Waals surface area contributed by atoms with E-state index >= 15 is 0 Å². The van der Waals surface area contributed by atoms with Crippen molar-refractivity contribution in [2.24, 2.45) is 0 Å². The Morgan fingerprint density at radius 3 is 2.50 bits per heavy atom. The van der Waals surface area contributed by atoms with Crippen molar-refractivity contribution in [3.63, 3.8) is 0 Å². The summed E-state index contributed by atoms with van der Waals surface area (Å²) in [5.41, 5.74) is 2.30. The molecular weight excluding hydrogens is 124 g/mol. The van der Waals surface area contributed by atoms with Crippen LogP contribution in [0.5, 0.6) is 5.75 Å². The van der Waals surface area contributed by atoms with Gasteiger partial charge < -0.3 is 4.74 Å². The molecule has 0 aromatic heterocycles. The number of ether oxygens (including phenoxy) is 1. The first kappa shape index (κ1) is 7.13. The summed E-state index contributed by atoms with van der Waals surface area (Å²) in [6, 6.07) is 5.80. The van der Waals surface area contributed by atoms with E-state index in [9.17, 15) is 0 Å². The first-order valence-electron chi connectivity index (χ1n) is 3.18. The minimum Gasteiger partial charge on any atom is -0.482 e. The van der Waals surface area contributed by atoms with Gasteiger partial charge in [-0.05, 0) is 31.0 Å². The van der Waals surface area contributed by atoms with Crippen molar-refractivity contribution >= 4 is 0 Å². The van der Waals surface area contributed by atoms with E-state index in [1.807, 2.05) is 32.0 Å². The highest BCUT2D eigenvalue weighted by Gasteiger charge is 1.97. The molecule has 52 valence electrons. The molecule has 10 heavy (non-hydrogen) atoms. The van der Waals surface area contributed by atoms with E-state index in [1.54, 1.807) is 0 Å². The molecule has 0 N–H and O–H groups in total. The van der Waals surface area contributed by atoms with Gasteiger partial charge in [-0.15, -0.1) is 0 Å². The van der Waals surface area contributed by atoms with Crippen LogP contribution in [0.15, 0.2) is 18.2 Å². The van der Waals surface area contributed by atoms with Crippen LogP contribution in [-0.4, -0.2) is 0 Å². The fourth-order valence-electron chi connectivity index (χ4n) is 0.852. The second-order valence-electron chi connectivity index (χ2n) is 2.32. The molecule has 0 atom stereocenters. The molecule has 0 fully saturated rings. The lowest BCUT2D eigenvalue weighted by molar-refractivity contribution is 0.469. The van der Waals surface area contributed by atoms with Crippen molar-refractivity contribution in [1.29, 1.82) is 0 Å². The molecule has 0 bridgehead atoms. The van der Waals surface area contributed by atoms with Crippen molar-refractivity contribution < 1.29 is 4.74 Å². The average Bonchev–Trinajstić information content (AvgIpc) is 1.95. The summed E-state index contributed by atoms with van der Waals surface area (Å²) in [5.74, 6) is 0.750. The number of hydrogen-bond donors (Lipinski definition) is 0. The minimum absolute atomic E-state index is 0.750. The van der Waals surface area contributed by atoms with Crippen molar-refractivity contribution in [3.8, 4) is 5.75 Å². The molecule has 1 aromatic carbocycles. The van der Waals surface area contributed by atoms with Crippen LogP contribution in [0, 0.1) is 21.0 Å². The summed E-state index contributed by atoms with van der Waals surface area (Å²) < 4.78 is 4.63. The minimum atomic E-state index is 0.750. The highest BCUT2D eigenvalue weighted by molar-refractivity contribution is 5.38. The smallest absolute Gasteiger partial charge is 0.180 e. The fraction of sp³-hybridized carbons (Fsp3) is 0.222. The molecular formula is C9H10O. The third-order valence-electron chi connectivity index (χ3n) is 1.68. The Kier molecular flexibility index (Phi) is 1.95. The molecule has 0 spiro atoms. The summed E-state index contributed by atoms with van der Waals surface area (Å²) in [4.78, 5) is 0. The van der Waals surface area contributed by atoms with Crippen LogP contribution in [-0.2, 0) is 0 Å². The van der Waals surface area contributed by atoms with E-state index in [1.165, 1.54) is 5.56 Å². The lowest BCUT2D eigenvalue weighted by Gasteiger charge is -2.04. The normalized spacial score (nSPS) is 9.50. The molecule has 0 saturated heterocycles. The van der Waals surface area contributed by atoms with E-state index in [2.05, 4.69) is 4.74 Å². The van der Waals surface area contributed by atoms with Gasteiger partial charge in [0.2, 0.25) is 0 Å². The standard InChI is InChI=1S/C9H10O/c1-7-5-4-6-9(10-3)8(7)2/h3-6H,1-2H3. The third kappa shape index (κ3) is 1.13. The second-order valence-corrected chi connectivity index (χ2v) is 2.32. The predicted octanol–water partition coefficient (Wildman–Crippen LogP) is 2.35. The SMILES string of the molecule is [CH]Oc1cccc(C)c1C. The van der Waals surface area contributed by atoms with E-state index in [4.69, 9.17) is 7.11 Å². The van der Waals surface area contributed by atoms with E-state index in [0.29, 0.717) is 0 Å². The molecule has 1 heteroatoms. The van der Waals surface area contributed by atoms with Crippen LogP contribution >= 0.6 is 0 Å². The molecule has 0 heterocycles. The van der Waals surface area contributed by atoms with E-state index in [0.717, 1.165) is 11.3 Å². The van der Waals surface area contributed by atoms with Gasteiger partial charge in [0, 0.05) is 0 Å². The highest BCUT2D eigenvalue weighted by atomic mass is 16.5. The molecule has 0 aliphatic rings. The second kappa shape index (κ2) is 2.74. The van der Waals surface area contributed by atoms with Crippen molar-refractivity contribution in [2.75, 3.05) is 0 Å². The van der Waals surface area contributed by atoms with E-state index in [-0.39, 0.29) is 0 Å². The van der Waals surface area contributed by atoms with Crippen LogP contribution in [0.2, 0.25) is 0 Å². The van der Waals surface area contributed by atoms with Crippen LogP contribution in [0.1, 0.15) is 11.1 Å². The predicted molar refractivity (Wildman–Crippen MR) is 40.8 cm³/mol. The van der Waals surface area contributed by atoms with Crippen molar-refractivity contribution in [3.05, 3.63) is 36.4 Å². The van der Waals surface area contributed by atoms with Gasteiger partial charge in [0.1, 0.15) is 5.75 Å². The average molecular weight is 134 g/mol. The Labute approximate surface area is 61.6 Å². The van der Waals surface area contributed by atoms with Gasteiger partial charge in [-0.3, -0.25) is 0 Å². The Bertz CT molecular complexity index is 228. The monoisotopic (exact) mass is 134 g/mol. The fourth-order valence-corrected chi connectivity index (χ4v) is 0.852.